The van der Waals surface area contributed by atoms with Gasteiger partial charge in [0, 0.05) is 24.2 Å². The zero-order valence-corrected chi connectivity index (χ0v) is 22.4. The summed E-state index contributed by atoms with van der Waals surface area (Å²) >= 11 is -1.99. The molecule has 3 saturated heterocycles. The second-order valence-corrected chi connectivity index (χ2v) is 14.8. The summed E-state index contributed by atoms with van der Waals surface area (Å²) in [7, 11) is 0. The average Bonchev–Trinajstić information content (AvgIpc) is 2.87. The summed E-state index contributed by atoms with van der Waals surface area (Å²) in [5.41, 5.74) is 0. The third-order valence-electron chi connectivity index (χ3n) is 10.6. The van der Waals surface area contributed by atoms with Gasteiger partial charge in [-0.3, -0.25) is 0 Å². The molecule has 3 aliphatic carbocycles. The van der Waals surface area contributed by atoms with E-state index in [1.807, 2.05) is 0 Å². The molecule has 6 rings (SSSR count). The Labute approximate surface area is 211 Å². The van der Waals surface area contributed by atoms with E-state index in [4.69, 9.17) is 3.79 Å². The first-order valence-electron chi connectivity index (χ1n) is 15.0. The van der Waals surface area contributed by atoms with Crippen LogP contribution in [0.5, 0.6) is 0 Å². The van der Waals surface area contributed by atoms with Crippen LogP contribution in [0.3, 0.4) is 0 Å². The van der Waals surface area contributed by atoms with Crippen molar-refractivity contribution in [1.29, 1.82) is 0 Å². The largest absolute Gasteiger partial charge is 0.705 e. The van der Waals surface area contributed by atoms with Gasteiger partial charge in [-0.2, -0.15) is 0 Å². The molecule has 0 radical (unpaired) electrons. The molecule has 6 aliphatic rings. The first kappa shape index (κ1) is 24.6. The van der Waals surface area contributed by atoms with E-state index in [2.05, 4.69) is 13.1 Å². The van der Waals surface area contributed by atoms with E-state index >= 15 is 0 Å². The Bertz CT molecular complexity index is 642. The van der Waals surface area contributed by atoms with Gasteiger partial charge in [-0.15, -0.1) is 0 Å². The molecular weight excluding hydrogens is 441 g/mol. The maximum absolute atomic E-state index is 11.2. The van der Waals surface area contributed by atoms with E-state index in [1.54, 1.807) is 0 Å². The molecule has 34 heavy (non-hydrogen) atoms. The maximum atomic E-state index is 11.2. The fourth-order valence-corrected chi connectivity index (χ4v) is 12.7. The van der Waals surface area contributed by atoms with Crippen molar-refractivity contribution in [2.75, 3.05) is 19.6 Å². The maximum Gasteiger partial charge on any atom is 0.705 e. The number of hydrogen-bond donors (Lipinski definition) is 3. The normalized spacial score (nSPS) is 46.2. The molecule has 6 fully saturated rings. The zero-order valence-electron chi connectivity index (χ0n) is 21.2. The molecule has 6 nitrogen and oxygen atoms in total. The Morgan fingerprint density at radius 1 is 0.618 bits per heavy atom. The first-order valence-corrected chi connectivity index (χ1v) is 16.5. The summed E-state index contributed by atoms with van der Waals surface area (Å²) in [4.78, 5) is 0. The van der Waals surface area contributed by atoms with Crippen molar-refractivity contribution in [2.45, 2.75) is 133 Å². The highest BCUT2D eigenvalue weighted by Gasteiger charge is 2.55. The SMILES string of the molecule is OC1CCCC2CCC[N]([Al]([O]C3CCCC4CCCNC43)[N]3CCCC4CCCC(O)C43)C12. The van der Waals surface area contributed by atoms with E-state index in [0.717, 1.165) is 38.4 Å². The highest BCUT2D eigenvalue weighted by atomic mass is 27.2. The number of hydrogen-bond acceptors (Lipinski definition) is 6. The predicted molar refractivity (Wildman–Crippen MR) is 135 cm³/mol. The van der Waals surface area contributed by atoms with Crippen LogP contribution in [0.1, 0.15) is 96.3 Å². The Kier molecular flexibility index (Phi) is 7.93. The van der Waals surface area contributed by atoms with Crippen molar-refractivity contribution in [3.05, 3.63) is 0 Å². The summed E-state index contributed by atoms with van der Waals surface area (Å²) in [5, 5.41) is 26.4. The van der Waals surface area contributed by atoms with Gasteiger partial charge in [-0.05, 0) is 114 Å². The van der Waals surface area contributed by atoms with Crippen molar-refractivity contribution >= 4 is 14.9 Å². The molecule has 3 heterocycles. The Morgan fingerprint density at radius 3 is 1.79 bits per heavy atom. The molecule has 0 amide bonds. The number of rotatable bonds is 4. The van der Waals surface area contributed by atoms with Gasteiger partial charge in [-0.25, -0.2) is 0 Å². The highest BCUT2D eigenvalue weighted by Crippen LogP contribution is 2.42. The lowest BCUT2D eigenvalue weighted by Crippen LogP contribution is -2.71. The quantitative estimate of drug-likeness (QED) is 0.527. The summed E-state index contributed by atoms with van der Waals surface area (Å²) in [6.45, 7) is 3.29. The summed E-state index contributed by atoms with van der Waals surface area (Å²) < 4.78 is 12.9. The van der Waals surface area contributed by atoms with Crippen LogP contribution in [0.2, 0.25) is 0 Å². The lowest BCUT2D eigenvalue weighted by Gasteiger charge is -2.55. The van der Waals surface area contributed by atoms with Crippen LogP contribution in [-0.4, -0.2) is 89.0 Å². The van der Waals surface area contributed by atoms with Gasteiger partial charge in [0.15, 0.2) is 0 Å². The van der Waals surface area contributed by atoms with E-state index in [0.29, 0.717) is 24.0 Å². The third kappa shape index (κ3) is 4.78. The van der Waals surface area contributed by atoms with Gasteiger partial charge in [0.25, 0.3) is 0 Å². The number of nitrogens with zero attached hydrogens (tertiary/aromatic N) is 2. The minimum Gasteiger partial charge on any atom is -0.471 e. The Hall–Kier alpha value is 0.292. The standard InChI is InChI=1S/3C9H16NO.Al/c3*11-8-5-1-3-7-4-2-6-10-9(7)8;/h2*7-9,11H,1-6H2;7-10H,1-6H2;/q3*-1;+3. The van der Waals surface area contributed by atoms with E-state index in [1.165, 1.54) is 83.5 Å². The fraction of sp³-hybridized carbons (Fsp3) is 1.00. The predicted octanol–water partition coefficient (Wildman–Crippen LogP) is 3.16. The van der Waals surface area contributed by atoms with Crippen LogP contribution in [0.25, 0.3) is 0 Å². The summed E-state index contributed by atoms with van der Waals surface area (Å²) in [5.74, 6) is 2.02. The second-order valence-electron chi connectivity index (χ2n) is 12.6. The third-order valence-corrected chi connectivity index (χ3v) is 13.6. The first-order chi connectivity index (χ1) is 16.7. The molecule has 0 spiro atoms. The minimum absolute atomic E-state index is 0.207. The average molecular weight is 490 g/mol. The molecular formula is C27H48AlN3O3. The van der Waals surface area contributed by atoms with Crippen LogP contribution in [0, 0.1) is 17.8 Å². The van der Waals surface area contributed by atoms with Crippen LogP contribution in [-0.2, 0) is 3.79 Å². The van der Waals surface area contributed by atoms with E-state index in [-0.39, 0.29) is 24.3 Å². The lowest BCUT2D eigenvalue weighted by atomic mass is 9.78. The Morgan fingerprint density at radius 2 is 1.15 bits per heavy atom. The molecule has 7 heteroatoms. The molecule has 3 aliphatic heterocycles. The van der Waals surface area contributed by atoms with Crippen LogP contribution >= 0.6 is 0 Å². The zero-order chi connectivity index (χ0) is 23.1. The molecule has 9 unspecified atom stereocenters. The van der Waals surface area contributed by atoms with Crippen LogP contribution in [0.15, 0.2) is 0 Å². The molecule has 0 aromatic carbocycles. The lowest BCUT2D eigenvalue weighted by molar-refractivity contribution is -0.0542. The van der Waals surface area contributed by atoms with Gasteiger partial charge >= 0.3 is 14.9 Å². The minimum atomic E-state index is -1.99. The van der Waals surface area contributed by atoms with Gasteiger partial charge in [0.1, 0.15) is 0 Å². The van der Waals surface area contributed by atoms with Gasteiger partial charge in [-0.1, -0.05) is 19.3 Å². The molecule has 0 aromatic rings. The summed E-state index contributed by atoms with van der Waals surface area (Å²) in [6, 6.07) is 1.06. The number of nitrogens with one attached hydrogen (secondary N) is 1. The van der Waals surface area contributed by atoms with Crippen LogP contribution < -0.4 is 5.32 Å². The van der Waals surface area contributed by atoms with E-state index in [9.17, 15) is 10.2 Å². The number of fused-ring (bicyclic) bond motifs is 3. The van der Waals surface area contributed by atoms with Gasteiger partial charge in [0.05, 0.1) is 12.2 Å². The number of piperidine rings is 3. The highest BCUT2D eigenvalue weighted by molar-refractivity contribution is 6.45. The van der Waals surface area contributed by atoms with Crippen LogP contribution in [0.4, 0.5) is 0 Å². The molecule has 0 aromatic heterocycles. The number of aliphatic hydroxyl groups excluding tert-OH is 2. The molecule has 0 bridgehead atoms. The topological polar surface area (TPSA) is 68.2 Å². The molecule has 9 atom stereocenters. The molecule has 3 N–H and O–H groups in total. The van der Waals surface area contributed by atoms with Crippen molar-refractivity contribution in [3.8, 4) is 0 Å². The van der Waals surface area contributed by atoms with Crippen molar-refractivity contribution < 1.29 is 14.0 Å². The van der Waals surface area contributed by atoms with Crippen molar-refractivity contribution in [2.24, 2.45) is 17.8 Å². The monoisotopic (exact) mass is 489 g/mol. The van der Waals surface area contributed by atoms with E-state index < -0.39 is 14.9 Å². The summed E-state index contributed by atoms with van der Waals surface area (Å²) in [6.07, 6.45) is 18.1. The van der Waals surface area contributed by atoms with Crippen molar-refractivity contribution in [3.63, 3.8) is 0 Å². The second kappa shape index (κ2) is 11.0. The smallest absolute Gasteiger partial charge is 0.471 e. The number of aliphatic hydroxyl groups is 2. The van der Waals surface area contributed by atoms with Gasteiger partial charge < -0.3 is 27.1 Å². The van der Waals surface area contributed by atoms with Gasteiger partial charge in [0.2, 0.25) is 0 Å². The fourth-order valence-electron chi connectivity index (χ4n) is 9.14. The molecule has 3 saturated carbocycles. The molecule has 192 valence electrons. The Balaban J connectivity index is 1.31. The van der Waals surface area contributed by atoms with Crippen molar-refractivity contribution in [1.82, 2.24) is 13.1 Å².